The summed E-state index contributed by atoms with van der Waals surface area (Å²) in [4.78, 5) is 52.8. The van der Waals surface area contributed by atoms with Gasteiger partial charge in [-0.2, -0.15) is 0 Å². The normalized spacial score (nSPS) is 16.6. The van der Waals surface area contributed by atoms with Crippen LogP contribution in [0.1, 0.15) is 57.6 Å². The molecule has 1 amide bonds. The molecule has 4 aliphatic heterocycles. The third-order valence-corrected chi connectivity index (χ3v) is 13.3. The van der Waals surface area contributed by atoms with Gasteiger partial charge in [-0.25, -0.2) is 23.5 Å². The van der Waals surface area contributed by atoms with Gasteiger partial charge in [0.1, 0.15) is 43.7 Å². The highest BCUT2D eigenvalue weighted by Crippen LogP contribution is 2.33. The third-order valence-electron chi connectivity index (χ3n) is 13.3. The molecular formula is C53H62F2N8O8. The predicted octanol–water partition coefficient (Wildman–Crippen LogP) is 6.77. The molecule has 71 heavy (non-hydrogen) atoms. The van der Waals surface area contributed by atoms with Crippen molar-refractivity contribution < 1.29 is 37.3 Å². The van der Waals surface area contributed by atoms with Crippen LogP contribution in [0, 0.1) is 11.6 Å². The average Bonchev–Trinajstić information content (AvgIpc) is 3.37. The molecule has 2 saturated heterocycles. The second kappa shape index (κ2) is 22.2. The SMILES string of the molecule is CC(C)(C)OC(=O)N(Cc1ccc2c(c1)OCCO2)C1CCN(CCn2c(=O)cnc3ccc(F)cc32)CC1.O=c1cnc2ccc(F)cc2n1CCN1CCC(NCc2ccc3c(c2)OCCO3)CC1. The summed E-state index contributed by atoms with van der Waals surface area (Å²) in [7, 11) is 0. The van der Waals surface area contributed by atoms with Crippen molar-refractivity contribution in [1.29, 1.82) is 0 Å². The van der Waals surface area contributed by atoms with Crippen molar-refractivity contribution in [2.24, 2.45) is 0 Å². The molecule has 2 fully saturated rings. The van der Waals surface area contributed by atoms with E-state index in [1.165, 1.54) is 42.2 Å². The van der Waals surface area contributed by atoms with Crippen molar-refractivity contribution in [3.63, 3.8) is 0 Å². The van der Waals surface area contributed by atoms with Gasteiger partial charge in [0.2, 0.25) is 0 Å². The highest BCUT2D eigenvalue weighted by atomic mass is 19.1. The van der Waals surface area contributed by atoms with E-state index in [0.717, 1.165) is 82.0 Å². The van der Waals surface area contributed by atoms with Crippen LogP contribution in [-0.4, -0.2) is 123 Å². The standard InChI is InChI=1S/C29H35FN4O5.C24H27FN4O3/c1-29(2,3)39-28(36)34(19-20-4-7-25-26(16-20)38-15-14-37-25)22-8-10-32(11-9-22)12-13-33-24-17-21(30)5-6-23(24)31-18-27(33)35;25-18-2-3-20-21(14-18)29(24(30)16-27-20)10-9-28-7-5-19(6-8-28)26-15-17-1-4-22-23(13-17)32-12-11-31-22/h4-7,16-18,22H,8-15,19H2,1-3H3;1-4,13-14,16,19,26H,5-12,15H2. The summed E-state index contributed by atoms with van der Waals surface area (Å²) in [5.41, 5.74) is 3.34. The zero-order chi connectivity index (χ0) is 49.5. The van der Waals surface area contributed by atoms with E-state index >= 15 is 0 Å². The Balaban J connectivity index is 0.000000179. The van der Waals surface area contributed by atoms with Gasteiger partial charge in [-0.3, -0.25) is 9.59 Å². The number of rotatable bonds is 12. The Morgan fingerprint density at radius 3 is 1.65 bits per heavy atom. The first-order valence-electron chi connectivity index (χ1n) is 24.6. The summed E-state index contributed by atoms with van der Waals surface area (Å²) in [6.07, 6.45) is 5.88. The van der Waals surface area contributed by atoms with Gasteiger partial charge in [-0.1, -0.05) is 12.1 Å². The zero-order valence-corrected chi connectivity index (χ0v) is 40.6. The number of piperidine rings is 2. The fraction of sp³-hybridized carbons (Fsp3) is 0.453. The van der Waals surface area contributed by atoms with E-state index in [0.29, 0.717) is 92.2 Å². The Bertz CT molecular complexity index is 2950. The van der Waals surface area contributed by atoms with Crippen molar-refractivity contribution >= 4 is 28.2 Å². The number of hydrogen-bond donors (Lipinski definition) is 1. The number of aromatic nitrogens is 4. The van der Waals surface area contributed by atoms with Crippen molar-refractivity contribution in [3.8, 4) is 23.0 Å². The number of halogens is 2. The molecule has 18 heteroatoms. The topological polar surface area (TPSA) is 155 Å². The number of fused-ring (bicyclic) bond motifs is 4. The Kier molecular flexibility index (Phi) is 15.4. The van der Waals surface area contributed by atoms with Crippen molar-refractivity contribution in [2.45, 2.75) is 90.3 Å². The van der Waals surface area contributed by atoms with Crippen LogP contribution < -0.4 is 35.4 Å². The Hall–Kier alpha value is -6.63. The molecule has 376 valence electrons. The molecule has 0 saturated carbocycles. The molecule has 4 aliphatic rings. The maximum Gasteiger partial charge on any atom is 0.410 e. The molecule has 6 heterocycles. The number of nitrogens with one attached hydrogen (secondary N) is 1. The van der Waals surface area contributed by atoms with Crippen molar-refractivity contribution in [1.82, 2.24) is 39.1 Å². The first kappa shape index (κ1) is 49.4. The maximum atomic E-state index is 13.9. The molecule has 0 atom stereocenters. The van der Waals surface area contributed by atoms with Crippen LogP contribution in [0.25, 0.3) is 22.1 Å². The summed E-state index contributed by atoms with van der Waals surface area (Å²) in [6, 6.07) is 21.0. The predicted molar refractivity (Wildman–Crippen MR) is 264 cm³/mol. The van der Waals surface area contributed by atoms with E-state index in [1.54, 1.807) is 21.3 Å². The van der Waals surface area contributed by atoms with Crippen LogP contribution in [-0.2, 0) is 30.9 Å². The molecule has 1 N–H and O–H groups in total. The number of amides is 1. The van der Waals surface area contributed by atoms with Crippen LogP contribution in [0.4, 0.5) is 13.6 Å². The lowest BCUT2D eigenvalue weighted by Crippen LogP contribution is -2.49. The average molecular weight is 977 g/mol. The lowest BCUT2D eigenvalue weighted by molar-refractivity contribution is 0.00562. The molecule has 0 unspecified atom stereocenters. The van der Waals surface area contributed by atoms with Gasteiger partial charge in [0.15, 0.2) is 23.0 Å². The minimum atomic E-state index is -0.608. The number of carbonyl (C=O) groups is 1. The van der Waals surface area contributed by atoms with E-state index in [4.69, 9.17) is 23.7 Å². The minimum absolute atomic E-state index is 0.00266. The molecule has 0 radical (unpaired) electrons. The van der Waals surface area contributed by atoms with E-state index in [1.807, 2.05) is 49.9 Å². The quantitative estimate of drug-likeness (QED) is 0.137. The summed E-state index contributed by atoms with van der Waals surface area (Å²) in [5.74, 6) is 2.29. The Morgan fingerprint density at radius 2 is 1.13 bits per heavy atom. The molecule has 4 aromatic carbocycles. The van der Waals surface area contributed by atoms with Crippen molar-refractivity contribution in [2.75, 3.05) is 65.7 Å². The largest absolute Gasteiger partial charge is 0.486 e. The number of carbonyl (C=O) groups excluding carboxylic acids is 1. The van der Waals surface area contributed by atoms with Crippen LogP contribution in [0.3, 0.4) is 0 Å². The van der Waals surface area contributed by atoms with Gasteiger partial charge >= 0.3 is 6.09 Å². The summed E-state index contributed by atoms with van der Waals surface area (Å²) < 4.78 is 59.1. The number of benzene rings is 4. The second-order valence-corrected chi connectivity index (χ2v) is 19.4. The van der Waals surface area contributed by atoms with E-state index in [9.17, 15) is 23.2 Å². The zero-order valence-electron chi connectivity index (χ0n) is 40.6. The van der Waals surface area contributed by atoms with Gasteiger partial charge in [0.25, 0.3) is 11.1 Å². The molecule has 6 aromatic rings. The first-order valence-corrected chi connectivity index (χ1v) is 24.6. The van der Waals surface area contributed by atoms with Crippen molar-refractivity contribution in [3.05, 3.63) is 129 Å². The molecule has 0 aliphatic carbocycles. The number of hydrogen-bond acceptors (Lipinski definition) is 13. The van der Waals surface area contributed by atoms with E-state index < -0.39 is 11.4 Å². The van der Waals surface area contributed by atoms with Crippen LogP contribution >= 0.6 is 0 Å². The van der Waals surface area contributed by atoms with E-state index in [2.05, 4.69) is 37.2 Å². The molecule has 2 aromatic heterocycles. The highest BCUT2D eigenvalue weighted by molar-refractivity contribution is 5.75. The van der Waals surface area contributed by atoms with Gasteiger partial charge in [0, 0.05) is 64.4 Å². The summed E-state index contributed by atoms with van der Waals surface area (Å²) >= 11 is 0. The van der Waals surface area contributed by atoms with Gasteiger partial charge < -0.3 is 52.8 Å². The number of likely N-dealkylation sites (tertiary alicyclic amines) is 2. The fourth-order valence-electron chi connectivity index (χ4n) is 9.54. The van der Waals surface area contributed by atoms with Crippen LogP contribution in [0.5, 0.6) is 23.0 Å². The molecular weight excluding hydrogens is 915 g/mol. The van der Waals surface area contributed by atoms with Crippen LogP contribution in [0.15, 0.2) is 94.8 Å². The summed E-state index contributed by atoms with van der Waals surface area (Å²) in [6.45, 7) is 14.8. The Labute approximate surface area is 411 Å². The lowest BCUT2D eigenvalue weighted by atomic mass is 10.0. The smallest absolute Gasteiger partial charge is 0.410 e. The second-order valence-electron chi connectivity index (χ2n) is 19.4. The summed E-state index contributed by atoms with van der Waals surface area (Å²) in [5, 5.41) is 3.65. The Morgan fingerprint density at radius 1 is 0.648 bits per heavy atom. The third kappa shape index (κ3) is 12.6. The van der Waals surface area contributed by atoms with Crippen LogP contribution in [0.2, 0.25) is 0 Å². The fourth-order valence-corrected chi connectivity index (χ4v) is 9.54. The minimum Gasteiger partial charge on any atom is -0.486 e. The van der Waals surface area contributed by atoms with Gasteiger partial charge in [0.05, 0.1) is 34.5 Å². The first-order chi connectivity index (χ1) is 34.3. The maximum absolute atomic E-state index is 13.9. The molecule has 0 bridgehead atoms. The molecule has 0 spiro atoms. The lowest BCUT2D eigenvalue weighted by Gasteiger charge is -2.39. The number of nitrogens with zero attached hydrogens (tertiary/aromatic N) is 7. The highest BCUT2D eigenvalue weighted by Gasteiger charge is 2.32. The molecule has 16 nitrogen and oxygen atoms in total. The number of ether oxygens (including phenoxy) is 5. The van der Waals surface area contributed by atoms with Gasteiger partial charge in [-0.15, -0.1) is 0 Å². The monoisotopic (exact) mass is 976 g/mol. The van der Waals surface area contributed by atoms with Gasteiger partial charge in [-0.05, 0) is 131 Å². The molecule has 10 rings (SSSR count). The van der Waals surface area contributed by atoms with E-state index in [-0.39, 0.29) is 29.1 Å².